The molecule has 1 saturated carbocycles. The van der Waals surface area contributed by atoms with Gasteiger partial charge >= 0.3 is 17.9 Å². The van der Waals surface area contributed by atoms with E-state index in [1.165, 1.54) is 18.2 Å². The van der Waals surface area contributed by atoms with E-state index in [0.717, 1.165) is 31.8 Å². The van der Waals surface area contributed by atoms with Gasteiger partial charge in [-0.25, -0.2) is 4.79 Å². The van der Waals surface area contributed by atoms with Gasteiger partial charge in [0.05, 0.1) is 6.61 Å². The number of alkyl halides is 3. The van der Waals surface area contributed by atoms with Gasteiger partial charge in [-0.05, 0) is 30.9 Å². The Labute approximate surface area is 136 Å². The summed E-state index contributed by atoms with van der Waals surface area (Å²) in [5, 5.41) is 9.33. The standard InChI is InChI=1S/C17H17F3O4/c18-17(19,20)16(23-10-11-5-1-2-6-11)13(15(21)22)9-12-7-3-4-8-14(12)24-16/h3-4,7-9,11H,1-2,5-6,10H2,(H,21,22). The van der Waals surface area contributed by atoms with Crippen LogP contribution in [0, 0.1) is 5.92 Å². The van der Waals surface area contributed by atoms with Crippen molar-refractivity contribution in [1.82, 2.24) is 0 Å². The third kappa shape index (κ3) is 2.88. The van der Waals surface area contributed by atoms with Gasteiger partial charge in [0.25, 0.3) is 0 Å². The number of carbonyl (C=O) groups is 1. The fourth-order valence-electron chi connectivity index (χ4n) is 3.17. The lowest BCUT2D eigenvalue weighted by Crippen LogP contribution is -2.57. The first-order valence-corrected chi connectivity index (χ1v) is 7.78. The molecular weight excluding hydrogens is 325 g/mol. The molecule has 0 bridgehead atoms. The molecule has 3 rings (SSSR count). The molecule has 130 valence electrons. The van der Waals surface area contributed by atoms with E-state index in [1.807, 2.05) is 0 Å². The van der Waals surface area contributed by atoms with Gasteiger partial charge in [0.15, 0.2) is 0 Å². The van der Waals surface area contributed by atoms with Crippen LogP contribution in [0.4, 0.5) is 13.2 Å². The van der Waals surface area contributed by atoms with Gasteiger partial charge < -0.3 is 14.6 Å². The molecule has 0 aromatic heterocycles. The van der Waals surface area contributed by atoms with Gasteiger partial charge in [0.1, 0.15) is 11.3 Å². The van der Waals surface area contributed by atoms with Gasteiger partial charge in [-0.3, -0.25) is 0 Å². The summed E-state index contributed by atoms with van der Waals surface area (Å²) in [6, 6.07) is 5.98. The number of aliphatic carboxylic acids is 1. The Balaban J connectivity index is 2.01. The van der Waals surface area contributed by atoms with Crippen molar-refractivity contribution in [2.75, 3.05) is 6.61 Å². The van der Waals surface area contributed by atoms with Gasteiger partial charge in [-0.1, -0.05) is 31.0 Å². The molecule has 0 spiro atoms. The monoisotopic (exact) mass is 342 g/mol. The van der Waals surface area contributed by atoms with E-state index in [2.05, 4.69) is 0 Å². The van der Waals surface area contributed by atoms with E-state index in [0.29, 0.717) is 0 Å². The average Bonchev–Trinajstić information content (AvgIpc) is 3.04. The number of carboxylic acid groups (broad SMARTS) is 1. The molecule has 2 aliphatic rings. The predicted molar refractivity (Wildman–Crippen MR) is 79.4 cm³/mol. The van der Waals surface area contributed by atoms with E-state index >= 15 is 0 Å². The second-order valence-electron chi connectivity index (χ2n) is 6.08. The zero-order valence-electron chi connectivity index (χ0n) is 12.8. The molecule has 1 aliphatic heterocycles. The van der Waals surface area contributed by atoms with Crippen LogP contribution in [0.5, 0.6) is 5.75 Å². The number of halogens is 3. The number of rotatable bonds is 4. The highest BCUT2D eigenvalue weighted by Gasteiger charge is 2.65. The minimum absolute atomic E-state index is 0.0139. The van der Waals surface area contributed by atoms with E-state index in [4.69, 9.17) is 9.47 Å². The zero-order chi connectivity index (χ0) is 17.4. The topological polar surface area (TPSA) is 55.8 Å². The minimum Gasteiger partial charge on any atom is -0.478 e. The third-order valence-corrected chi connectivity index (χ3v) is 4.43. The van der Waals surface area contributed by atoms with Crippen LogP contribution in [0.3, 0.4) is 0 Å². The number of benzene rings is 1. The van der Waals surface area contributed by atoms with Crippen LogP contribution in [0.2, 0.25) is 0 Å². The first kappa shape index (κ1) is 16.8. The van der Waals surface area contributed by atoms with Gasteiger partial charge in [0.2, 0.25) is 0 Å². The van der Waals surface area contributed by atoms with Crippen LogP contribution in [0.1, 0.15) is 31.2 Å². The average molecular weight is 342 g/mol. The summed E-state index contributed by atoms with van der Waals surface area (Å²) in [6.07, 6.45) is -0.614. The lowest BCUT2D eigenvalue weighted by molar-refractivity contribution is -0.336. The zero-order valence-corrected chi connectivity index (χ0v) is 12.8. The van der Waals surface area contributed by atoms with Gasteiger partial charge in [-0.2, -0.15) is 13.2 Å². The smallest absolute Gasteiger partial charge is 0.460 e. The number of carboxylic acids is 1. The molecule has 1 N–H and O–H groups in total. The molecular formula is C17H17F3O4. The van der Waals surface area contributed by atoms with E-state index in [1.54, 1.807) is 6.07 Å². The number of fused-ring (bicyclic) bond motifs is 1. The Morgan fingerprint density at radius 1 is 1.29 bits per heavy atom. The van der Waals surface area contributed by atoms with Crippen LogP contribution in [0.15, 0.2) is 29.8 Å². The highest BCUT2D eigenvalue weighted by Crippen LogP contribution is 2.46. The lowest BCUT2D eigenvalue weighted by atomic mass is 9.97. The summed E-state index contributed by atoms with van der Waals surface area (Å²) in [5.41, 5.74) is -0.675. The fraction of sp³-hybridized carbons (Fsp3) is 0.471. The van der Waals surface area contributed by atoms with Crippen molar-refractivity contribution in [1.29, 1.82) is 0 Å². The molecule has 1 aromatic carbocycles. The quantitative estimate of drug-likeness (QED) is 0.898. The molecule has 1 atom stereocenters. The summed E-state index contributed by atoms with van der Waals surface area (Å²) in [6.45, 7) is -0.188. The Hall–Kier alpha value is -2.02. The molecule has 0 radical (unpaired) electrons. The first-order valence-electron chi connectivity index (χ1n) is 7.78. The summed E-state index contributed by atoms with van der Waals surface area (Å²) in [7, 11) is 0. The number of hydrogen-bond acceptors (Lipinski definition) is 3. The molecule has 0 saturated heterocycles. The van der Waals surface area contributed by atoms with Crippen molar-refractivity contribution >= 4 is 12.0 Å². The van der Waals surface area contributed by atoms with E-state index < -0.39 is 23.5 Å². The van der Waals surface area contributed by atoms with Crippen molar-refractivity contribution in [2.45, 2.75) is 37.6 Å². The number of hydrogen-bond donors (Lipinski definition) is 1. The molecule has 4 nitrogen and oxygen atoms in total. The normalized spacial score (nSPS) is 24.2. The second-order valence-corrected chi connectivity index (χ2v) is 6.08. The van der Waals surface area contributed by atoms with Crippen molar-refractivity contribution in [2.24, 2.45) is 5.92 Å². The maximum Gasteiger partial charge on any atom is 0.460 e. The number of ether oxygens (including phenoxy) is 2. The summed E-state index contributed by atoms with van der Waals surface area (Å²) in [4.78, 5) is 11.5. The van der Waals surface area contributed by atoms with Crippen LogP contribution in [-0.4, -0.2) is 29.6 Å². The first-order chi connectivity index (χ1) is 11.3. The van der Waals surface area contributed by atoms with Crippen LogP contribution < -0.4 is 4.74 Å². The number of para-hydroxylation sites is 1. The maximum atomic E-state index is 13.8. The Kier molecular flexibility index (Phi) is 4.29. The van der Waals surface area contributed by atoms with Crippen molar-refractivity contribution in [3.63, 3.8) is 0 Å². The van der Waals surface area contributed by atoms with Crippen LogP contribution in [-0.2, 0) is 9.53 Å². The summed E-state index contributed by atoms with van der Waals surface area (Å²) in [5.74, 6) is -5.06. The Morgan fingerprint density at radius 2 is 1.96 bits per heavy atom. The molecule has 1 aromatic rings. The SMILES string of the molecule is O=C(O)C1=Cc2ccccc2OC1(OCC1CCCC1)C(F)(F)F. The van der Waals surface area contributed by atoms with Crippen LogP contribution in [0.25, 0.3) is 6.08 Å². The fourth-order valence-corrected chi connectivity index (χ4v) is 3.17. The summed E-state index contributed by atoms with van der Waals surface area (Å²) >= 11 is 0. The lowest BCUT2D eigenvalue weighted by Gasteiger charge is -2.39. The molecule has 24 heavy (non-hydrogen) atoms. The second kappa shape index (κ2) is 6.12. The van der Waals surface area contributed by atoms with Crippen molar-refractivity contribution in [3.05, 3.63) is 35.4 Å². The van der Waals surface area contributed by atoms with Gasteiger partial charge in [0, 0.05) is 5.56 Å². The largest absolute Gasteiger partial charge is 0.478 e. The molecule has 1 aliphatic carbocycles. The minimum atomic E-state index is -5.02. The maximum absolute atomic E-state index is 13.8. The molecule has 7 heteroatoms. The summed E-state index contributed by atoms with van der Waals surface area (Å²) < 4.78 is 51.7. The third-order valence-electron chi connectivity index (χ3n) is 4.43. The molecule has 0 amide bonds. The highest BCUT2D eigenvalue weighted by atomic mass is 19.4. The Bertz CT molecular complexity index is 662. The van der Waals surface area contributed by atoms with E-state index in [-0.39, 0.29) is 23.8 Å². The molecule has 1 heterocycles. The van der Waals surface area contributed by atoms with Gasteiger partial charge in [-0.15, -0.1) is 0 Å². The highest BCUT2D eigenvalue weighted by molar-refractivity contribution is 5.95. The Morgan fingerprint density at radius 3 is 2.58 bits per heavy atom. The predicted octanol–water partition coefficient (Wildman–Crippen LogP) is 4.01. The van der Waals surface area contributed by atoms with Crippen LogP contribution >= 0.6 is 0 Å². The molecule has 1 unspecified atom stereocenters. The van der Waals surface area contributed by atoms with E-state index in [9.17, 15) is 23.1 Å². The van der Waals surface area contributed by atoms with Crippen molar-refractivity contribution < 1.29 is 32.5 Å². The van der Waals surface area contributed by atoms with Crippen molar-refractivity contribution in [3.8, 4) is 5.75 Å². The molecule has 1 fully saturated rings.